The summed E-state index contributed by atoms with van der Waals surface area (Å²) in [7, 11) is 0. The van der Waals surface area contributed by atoms with Crippen molar-refractivity contribution in [2.75, 3.05) is 11.6 Å². The molecule has 3 heterocycles. The summed E-state index contributed by atoms with van der Waals surface area (Å²) in [5.41, 5.74) is 1.04. The van der Waals surface area contributed by atoms with Crippen molar-refractivity contribution < 1.29 is 4.42 Å². The van der Waals surface area contributed by atoms with Gasteiger partial charge in [0, 0.05) is 15.3 Å². The number of benzene rings is 1. The van der Waals surface area contributed by atoms with E-state index in [1.807, 2.05) is 12.1 Å². The van der Waals surface area contributed by atoms with Crippen molar-refractivity contribution in [3.63, 3.8) is 0 Å². The van der Waals surface area contributed by atoms with E-state index in [-0.39, 0.29) is 5.56 Å². The van der Waals surface area contributed by atoms with Crippen molar-refractivity contribution in [2.45, 2.75) is 6.67 Å². The van der Waals surface area contributed by atoms with Crippen molar-refractivity contribution in [3.05, 3.63) is 69.2 Å². The number of aromatic nitrogens is 1. The zero-order valence-corrected chi connectivity index (χ0v) is 17.4. The summed E-state index contributed by atoms with van der Waals surface area (Å²) in [5, 5.41) is 0. The monoisotopic (exact) mass is 563 g/mol. The Morgan fingerprint density at radius 1 is 1.17 bits per heavy atom. The van der Waals surface area contributed by atoms with Crippen LogP contribution in [0.15, 0.2) is 50.6 Å². The molecule has 24 heavy (non-hydrogen) atoms. The smallest absolute Gasteiger partial charge is 0.271 e. The summed E-state index contributed by atoms with van der Waals surface area (Å²) < 4.78 is 9.87. The molecule has 0 aliphatic carbocycles. The number of nitrogens with zero attached hydrogens (tertiary/aromatic N) is 3. The molecule has 5 nitrogen and oxygen atoms in total. The molecule has 0 saturated carbocycles. The fourth-order valence-electron chi connectivity index (χ4n) is 2.46. The van der Waals surface area contributed by atoms with Gasteiger partial charge in [-0.05, 0) is 81.6 Å². The van der Waals surface area contributed by atoms with Crippen LogP contribution in [0.5, 0.6) is 0 Å². The summed E-state index contributed by atoms with van der Waals surface area (Å²) in [6.45, 7) is 1.07. The van der Waals surface area contributed by atoms with Gasteiger partial charge in [0.1, 0.15) is 19.1 Å². The second-order valence-electron chi connectivity index (χ2n) is 5.23. The molecule has 0 fully saturated rings. The van der Waals surface area contributed by atoms with Crippen molar-refractivity contribution in [1.29, 1.82) is 0 Å². The van der Waals surface area contributed by atoms with Gasteiger partial charge in [0.2, 0.25) is 0 Å². The predicted octanol–water partition coefficient (Wildman–Crippen LogP) is 2.60. The molecule has 122 valence electrons. The molecule has 0 saturated heterocycles. The van der Waals surface area contributed by atoms with E-state index in [0.29, 0.717) is 23.6 Å². The lowest BCUT2D eigenvalue weighted by molar-refractivity contribution is 0.528. The highest BCUT2D eigenvalue weighted by Gasteiger charge is 2.16. The first-order chi connectivity index (χ1) is 11.6. The zero-order chi connectivity index (χ0) is 16.7. The lowest BCUT2D eigenvalue weighted by Crippen LogP contribution is -2.42. The first-order valence-corrected chi connectivity index (χ1v) is 10.1. The molecule has 3 aromatic rings. The summed E-state index contributed by atoms with van der Waals surface area (Å²) in [6, 6.07) is 12.0. The van der Waals surface area contributed by atoms with Crippen LogP contribution < -0.4 is 19.8 Å². The third-order valence-electron chi connectivity index (χ3n) is 3.64. The number of hydrogen-bond donors (Lipinski definition) is 0. The van der Waals surface area contributed by atoms with Crippen LogP contribution in [0.3, 0.4) is 0 Å². The van der Waals surface area contributed by atoms with Crippen molar-refractivity contribution in [3.8, 4) is 0 Å². The zero-order valence-electron chi connectivity index (χ0n) is 12.3. The number of furan rings is 1. The molecule has 0 N–H and O–H groups in total. The fraction of sp³-hybridized carbons (Fsp3) is 0.125. The Morgan fingerprint density at radius 3 is 2.67 bits per heavy atom. The van der Waals surface area contributed by atoms with E-state index < -0.39 is 0 Å². The number of rotatable bonds is 2. The number of hydrogen-bond acceptors (Lipinski definition) is 5. The van der Waals surface area contributed by atoms with E-state index in [9.17, 15) is 4.79 Å². The van der Waals surface area contributed by atoms with E-state index in [0.717, 1.165) is 14.3 Å². The number of anilines is 1. The second-order valence-corrected chi connectivity index (χ2v) is 8.54. The standard InChI is InChI=1S/C16H11I2N3O2S/c17-10-1-3-11(4-2-10)20-8-19-16-21(9-20)15(22)13(24-16)7-12-5-6-14(18)23-12/h1-7H,8-9H2. The van der Waals surface area contributed by atoms with Gasteiger partial charge in [-0.2, -0.15) is 0 Å². The van der Waals surface area contributed by atoms with Crippen LogP contribution in [0.25, 0.3) is 6.08 Å². The van der Waals surface area contributed by atoms with E-state index in [1.165, 1.54) is 14.9 Å². The molecular formula is C16H11I2N3O2S. The van der Waals surface area contributed by atoms with Gasteiger partial charge in [-0.25, -0.2) is 4.99 Å². The van der Waals surface area contributed by atoms with Gasteiger partial charge in [0.15, 0.2) is 8.57 Å². The Labute approximate surface area is 168 Å². The minimum Gasteiger partial charge on any atom is -0.451 e. The van der Waals surface area contributed by atoms with Gasteiger partial charge < -0.3 is 9.32 Å². The fourth-order valence-corrected chi connectivity index (χ4v) is 4.20. The highest BCUT2D eigenvalue weighted by molar-refractivity contribution is 14.1. The summed E-state index contributed by atoms with van der Waals surface area (Å²) >= 11 is 5.79. The van der Waals surface area contributed by atoms with E-state index in [4.69, 9.17) is 4.42 Å². The van der Waals surface area contributed by atoms with Gasteiger partial charge in [-0.1, -0.05) is 11.3 Å². The third kappa shape index (κ3) is 3.18. The molecule has 1 aliphatic rings. The molecule has 0 atom stereocenters. The van der Waals surface area contributed by atoms with Gasteiger partial charge in [-0.3, -0.25) is 9.36 Å². The molecule has 1 aliphatic heterocycles. The lowest BCUT2D eigenvalue weighted by Gasteiger charge is -2.25. The maximum absolute atomic E-state index is 12.7. The average Bonchev–Trinajstić information content (AvgIpc) is 3.12. The quantitative estimate of drug-likeness (QED) is 0.451. The second kappa shape index (κ2) is 6.64. The Hall–Kier alpha value is -1.14. The van der Waals surface area contributed by atoms with Gasteiger partial charge in [-0.15, -0.1) is 0 Å². The predicted molar refractivity (Wildman–Crippen MR) is 111 cm³/mol. The van der Waals surface area contributed by atoms with E-state index in [1.54, 1.807) is 10.6 Å². The minimum absolute atomic E-state index is 0.0274. The molecule has 0 radical (unpaired) electrons. The summed E-state index contributed by atoms with van der Waals surface area (Å²) in [4.78, 5) is 20.1. The van der Waals surface area contributed by atoms with Gasteiger partial charge in [0.25, 0.3) is 5.56 Å². The minimum atomic E-state index is -0.0274. The number of halogens is 2. The third-order valence-corrected chi connectivity index (χ3v) is 5.98. The van der Waals surface area contributed by atoms with Crippen molar-refractivity contribution >= 4 is 68.3 Å². The number of thiazole rings is 1. The lowest BCUT2D eigenvalue weighted by atomic mass is 10.3. The Kier molecular flexibility index (Phi) is 4.52. The first-order valence-electron chi connectivity index (χ1n) is 7.12. The van der Waals surface area contributed by atoms with Gasteiger partial charge in [0.05, 0.1) is 4.53 Å². The molecule has 0 unspecified atom stereocenters. The average molecular weight is 563 g/mol. The molecule has 2 aromatic heterocycles. The normalized spacial score (nSPS) is 14.6. The maximum atomic E-state index is 12.7. The van der Waals surface area contributed by atoms with Crippen molar-refractivity contribution in [1.82, 2.24) is 4.57 Å². The van der Waals surface area contributed by atoms with Crippen LogP contribution in [-0.4, -0.2) is 11.2 Å². The van der Waals surface area contributed by atoms with Crippen LogP contribution in [0.4, 0.5) is 5.69 Å². The number of fused-ring (bicyclic) bond motifs is 1. The van der Waals surface area contributed by atoms with Crippen LogP contribution in [0.2, 0.25) is 0 Å². The maximum Gasteiger partial charge on any atom is 0.271 e. The van der Waals surface area contributed by atoms with E-state index in [2.05, 4.69) is 79.3 Å². The van der Waals surface area contributed by atoms with Gasteiger partial charge >= 0.3 is 0 Å². The molecule has 0 bridgehead atoms. The van der Waals surface area contributed by atoms with E-state index >= 15 is 0 Å². The Balaban J connectivity index is 1.71. The Morgan fingerprint density at radius 2 is 1.96 bits per heavy atom. The highest BCUT2D eigenvalue weighted by atomic mass is 127. The van der Waals surface area contributed by atoms with Crippen LogP contribution >= 0.6 is 56.5 Å². The molecule has 0 spiro atoms. The largest absolute Gasteiger partial charge is 0.451 e. The Bertz CT molecular complexity index is 1070. The van der Waals surface area contributed by atoms with Crippen LogP contribution in [-0.2, 0) is 6.67 Å². The summed E-state index contributed by atoms with van der Waals surface area (Å²) in [6.07, 6.45) is 1.78. The molecule has 8 heteroatoms. The molecule has 1 aromatic carbocycles. The van der Waals surface area contributed by atoms with Crippen molar-refractivity contribution in [2.24, 2.45) is 4.99 Å². The van der Waals surface area contributed by atoms with Crippen LogP contribution in [0, 0.1) is 7.34 Å². The first kappa shape index (κ1) is 16.3. The SMILES string of the molecule is O=c1c(=Cc2ccc(I)o2)sc2n1CN(c1ccc(I)cc1)CN=2. The van der Waals surface area contributed by atoms with Crippen LogP contribution in [0.1, 0.15) is 5.76 Å². The molecule has 0 amide bonds. The summed E-state index contributed by atoms with van der Waals surface area (Å²) in [5.74, 6) is 0.685. The highest BCUT2D eigenvalue weighted by Crippen LogP contribution is 2.17. The molecule has 4 rings (SSSR count). The topological polar surface area (TPSA) is 50.7 Å². The molecular weight excluding hydrogens is 552 g/mol.